The molecule has 3 rings (SSSR count). The molecule has 2 heterocycles. The number of aliphatic hydroxyl groups is 1. The summed E-state index contributed by atoms with van der Waals surface area (Å²) in [5.41, 5.74) is 0.340. The van der Waals surface area contributed by atoms with Crippen LogP contribution >= 0.6 is 0 Å². The standard InChI is InChI=1S/C14H19N3O4/c18-9-11-3-1-2-6-15(11)14(19)13-7-12(17(20)21)8-16(13)10-4-5-10/h7-8,10-11,18H,1-6,9H2. The summed E-state index contributed by atoms with van der Waals surface area (Å²) in [5, 5.41) is 20.4. The zero-order chi connectivity index (χ0) is 15.0. The van der Waals surface area contributed by atoms with Crippen LogP contribution in [0.2, 0.25) is 0 Å². The molecule has 114 valence electrons. The largest absolute Gasteiger partial charge is 0.394 e. The second-order valence-electron chi connectivity index (χ2n) is 5.81. The molecule has 1 N–H and O–H groups in total. The fraction of sp³-hybridized carbons (Fsp3) is 0.643. The average molecular weight is 293 g/mol. The normalized spacial score (nSPS) is 22.3. The lowest BCUT2D eigenvalue weighted by Gasteiger charge is -2.34. The van der Waals surface area contributed by atoms with E-state index in [1.807, 2.05) is 0 Å². The molecule has 7 nitrogen and oxygen atoms in total. The SMILES string of the molecule is O=C(c1cc([N+](=O)[O-])cn1C1CC1)N1CCCCC1CO. The Bertz CT molecular complexity index is 565. The molecule has 0 spiro atoms. The molecule has 1 amide bonds. The van der Waals surface area contributed by atoms with Crippen molar-refractivity contribution in [1.29, 1.82) is 0 Å². The molecule has 0 bridgehead atoms. The van der Waals surface area contributed by atoms with E-state index in [0.29, 0.717) is 12.2 Å². The van der Waals surface area contributed by atoms with Gasteiger partial charge in [0, 0.05) is 18.7 Å². The first-order chi connectivity index (χ1) is 10.1. The van der Waals surface area contributed by atoms with Gasteiger partial charge < -0.3 is 14.6 Å². The van der Waals surface area contributed by atoms with E-state index in [4.69, 9.17) is 0 Å². The summed E-state index contributed by atoms with van der Waals surface area (Å²) in [6.07, 6.45) is 6.07. The molecular formula is C14H19N3O4. The van der Waals surface area contributed by atoms with Gasteiger partial charge in [-0.25, -0.2) is 0 Å². The highest BCUT2D eigenvalue weighted by atomic mass is 16.6. The monoisotopic (exact) mass is 293 g/mol. The maximum absolute atomic E-state index is 12.7. The Morgan fingerprint density at radius 3 is 2.76 bits per heavy atom. The summed E-state index contributed by atoms with van der Waals surface area (Å²) >= 11 is 0. The van der Waals surface area contributed by atoms with Crippen molar-refractivity contribution in [1.82, 2.24) is 9.47 Å². The molecule has 2 aliphatic rings. The molecule has 0 aromatic carbocycles. The van der Waals surface area contributed by atoms with Gasteiger partial charge in [-0.15, -0.1) is 0 Å². The van der Waals surface area contributed by atoms with E-state index in [1.165, 1.54) is 12.3 Å². The van der Waals surface area contributed by atoms with Gasteiger partial charge in [-0.05, 0) is 32.1 Å². The van der Waals surface area contributed by atoms with Crippen LogP contribution in [-0.4, -0.2) is 44.6 Å². The van der Waals surface area contributed by atoms with Crippen molar-refractivity contribution >= 4 is 11.6 Å². The van der Waals surface area contributed by atoms with Gasteiger partial charge in [0.25, 0.3) is 11.6 Å². The molecule has 1 saturated heterocycles. The minimum Gasteiger partial charge on any atom is -0.394 e. The summed E-state index contributed by atoms with van der Waals surface area (Å²) in [5.74, 6) is -0.200. The minimum atomic E-state index is -0.463. The molecule has 1 atom stereocenters. The number of aromatic nitrogens is 1. The molecule has 1 saturated carbocycles. The van der Waals surface area contributed by atoms with Crippen molar-refractivity contribution in [2.75, 3.05) is 13.2 Å². The van der Waals surface area contributed by atoms with E-state index in [9.17, 15) is 20.0 Å². The fourth-order valence-corrected chi connectivity index (χ4v) is 3.00. The predicted molar refractivity (Wildman–Crippen MR) is 75.1 cm³/mol. The molecule has 7 heteroatoms. The first kappa shape index (κ1) is 14.1. The smallest absolute Gasteiger partial charge is 0.287 e. The van der Waals surface area contributed by atoms with Crippen LogP contribution in [0.25, 0.3) is 0 Å². The van der Waals surface area contributed by atoms with E-state index >= 15 is 0 Å². The van der Waals surface area contributed by atoms with E-state index in [2.05, 4.69) is 0 Å². The van der Waals surface area contributed by atoms with Crippen LogP contribution in [0, 0.1) is 10.1 Å². The zero-order valence-electron chi connectivity index (χ0n) is 11.8. The van der Waals surface area contributed by atoms with Gasteiger partial charge in [0.1, 0.15) is 5.69 Å². The second-order valence-corrected chi connectivity index (χ2v) is 5.81. The van der Waals surface area contributed by atoms with Crippen LogP contribution in [-0.2, 0) is 0 Å². The Balaban J connectivity index is 1.91. The second kappa shape index (κ2) is 5.48. The lowest BCUT2D eigenvalue weighted by molar-refractivity contribution is -0.384. The van der Waals surface area contributed by atoms with Crippen LogP contribution in [0.1, 0.15) is 48.6 Å². The summed E-state index contributed by atoms with van der Waals surface area (Å²) < 4.78 is 1.74. The molecule has 1 unspecified atom stereocenters. The summed E-state index contributed by atoms with van der Waals surface area (Å²) in [6, 6.07) is 1.40. The number of piperidine rings is 1. The van der Waals surface area contributed by atoms with Crippen molar-refractivity contribution < 1.29 is 14.8 Å². The molecule has 21 heavy (non-hydrogen) atoms. The molecule has 0 radical (unpaired) electrons. The quantitative estimate of drug-likeness (QED) is 0.676. The number of rotatable bonds is 4. The summed E-state index contributed by atoms with van der Waals surface area (Å²) in [4.78, 5) is 24.9. The molecular weight excluding hydrogens is 274 g/mol. The minimum absolute atomic E-state index is 0.0391. The molecule has 2 fully saturated rings. The molecule has 1 aliphatic heterocycles. The third-order valence-electron chi connectivity index (χ3n) is 4.30. The molecule has 1 aromatic heterocycles. The number of hydrogen-bond donors (Lipinski definition) is 1. The zero-order valence-corrected chi connectivity index (χ0v) is 11.8. The van der Waals surface area contributed by atoms with E-state index in [1.54, 1.807) is 9.47 Å². The molecule has 1 aliphatic carbocycles. The van der Waals surface area contributed by atoms with Crippen molar-refractivity contribution in [3.05, 3.63) is 28.1 Å². The Morgan fingerprint density at radius 1 is 1.38 bits per heavy atom. The van der Waals surface area contributed by atoms with Crippen LogP contribution in [0.5, 0.6) is 0 Å². The Morgan fingerprint density at radius 2 is 2.14 bits per heavy atom. The number of nitro groups is 1. The van der Waals surface area contributed by atoms with Crippen LogP contribution in [0.15, 0.2) is 12.3 Å². The highest BCUT2D eigenvalue weighted by Crippen LogP contribution is 2.38. The lowest BCUT2D eigenvalue weighted by Crippen LogP contribution is -2.46. The maximum Gasteiger partial charge on any atom is 0.287 e. The third-order valence-corrected chi connectivity index (χ3v) is 4.30. The number of nitrogens with zero attached hydrogens (tertiary/aromatic N) is 3. The van der Waals surface area contributed by atoms with Crippen LogP contribution < -0.4 is 0 Å². The Labute approximate surface area is 122 Å². The highest BCUT2D eigenvalue weighted by molar-refractivity contribution is 5.94. The number of carbonyl (C=O) groups excluding carboxylic acids is 1. The van der Waals surface area contributed by atoms with Crippen LogP contribution in [0.3, 0.4) is 0 Å². The molecule has 1 aromatic rings. The van der Waals surface area contributed by atoms with Crippen molar-refractivity contribution in [2.24, 2.45) is 0 Å². The number of likely N-dealkylation sites (tertiary alicyclic amines) is 1. The van der Waals surface area contributed by atoms with E-state index < -0.39 is 4.92 Å². The van der Waals surface area contributed by atoms with Crippen molar-refractivity contribution in [3.63, 3.8) is 0 Å². The summed E-state index contributed by atoms with van der Waals surface area (Å²) in [7, 11) is 0. The first-order valence-corrected chi connectivity index (χ1v) is 7.40. The Hall–Kier alpha value is -1.89. The van der Waals surface area contributed by atoms with Gasteiger partial charge in [-0.2, -0.15) is 0 Å². The van der Waals surface area contributed by atoms with E-state index in [0.717, 1.165) is 32.1 Å². The van der Waals surface area contributed by atoms with E-state index in [-0.39, 0.29) is 30.3 Å². The number of amides is 1. The van der Waals surface area contributed by atoms with Gasteiger partial charge in [-0.3, -0.25) is 14.9 Å². The number of aliphatic hydroxyl groups excluding tert-OH is 1. The topological polar surface area (TPSA) is 88.6 Å². The van der Waals surface area contributed by atoms with Gasteiger partial charge in [0.05, 0.1) is 23.8 Å². The average Bonchev–Trinajstić information content (AvgIpc) is 3.24. The summed E-state index contributed by atoms with van der Waals surface area (Å²) in [6.45, 7) is 0.547. The van der Waals surface area contributed by atoms with Crippen LogP contribution in [0.4, 0.5) is 5.69 Å². The van der Waals surface area contributed by atoms with Crippen molar-refractivity contribution in [3.8, 4) is 0 Å². The van der Waals surface area contributed by atoms with Gasteiger partial charge in [0.2, 0.25) is 0 Å². The fourth-order valence-electron chi connectivity index (χ4n) is 3.00. The first-order valence-electron chi connectivity index (χ1n) is 7.40. The van der Waals surface area contributed by atoms with Crippen molar-refractivity contribution in [2.45, 2.75) is 44.2 Å². The van der Waals surface area contributed by atoms with Gasteiger partial charge in [0.15, 0.2) is 0 Å². The van der Waals surface area contributed by atoms with Gasteiger partial charge in [-0.1, -0.05) is 0 Å². The predicted octanol–water partition coefficient (Wildman–Crippen LogP) is 1.72. The maximum atomic E-state index is 12.7. The third kappa shape index (κ3) is 2.65. The lowest BCUT2D eigenvalue weighted by atomic mass is 10.0. The van der Waals surface area contributed by atoms with Gasteiger partial charge >= 0.3 is 0 Å². The number of carbonyl (C=O) groups is 1. The highest BCUT2D eigenvalue weighted by Gasteiger charge is 2.34. The number of hydrogen-bond acceptors (Lipinski definition) is 4. The Kier molecular flexibility index (Phi) is 3.67.